The Kier molecular flexibility index (Phi) is 6.78. The van der Waals surface area contributed by atoms with E-state index in [1.54, 1.807) is 15.7 Å². The number of fused-ring (bicyclic) bond motifs is 1. The second kappa shape index (κ2) is 10.6. The standard InChI is InChI=1S/C29H24F3N7O2/c30-21-4-1-5-23(25(21)32)41-19-8-9-20(22(31)12-19)26-24-27(34)35-15-36-28(24)39(37-26)14-18-3-2-10-38(18)29(40)17(13-33)11-16-6-7-16/h1,4-5,8-9,11-12,15-16,18H,2-3,6-7,10,14H2,(H2,34,35,36)/t18-/m0/s1. The molecule has 2 fully saturated rings. The lowest BCUT2D eigenvalue weighted by Crippen LogP contribution is -2.39. The van der Waals surface area contributed by atoms with Crippen molar-refractivity contribution in [1.29, 1.82) is 5.26 Å². The fourth-order valence-corrected chi connectivity index (χ4v) is 5.09. The van der Waals surface area contributed by atoms with E-state index >= 15 is 4.39 Å². The number of nitrogens with two attached hydrogens (primary N) is 1. The van der Waals surface area contributed by atoms with E-state index in [9.17, 15) is 18.8 Å². The molecule has 2 aromatic carbocycles. The molecule has 1 atom stereocenters. The van der Waals surface area contributed by atoms with Gasteiger partial charge in [-0.1, -0.05) is 12.1 Å². The van der Waals surface area contributed by atoms with Crippen molar-refractivity contribution in [3.63, 3.8) is 0 Å². The van der Waals surface area contributed by atoms with Gasteiger partial charge < -0.3 is 15.4 Å². The highest BCUT2D eigenvalue weighted by atomic mass is 19.2. The average Bonchev–Trinajstić information content (AvgIpc) is 3.54. The number of halogens is 3. The molecule has 41 heavy (non-hydrogen) atoms. The number of carbonyl (C=O) groups excluding carboxylic acids is 1. The Balaban J connectivity index is 1.32. The molecule has 6 rings (SSSR count). The molecule has 12 heteroatoms. The lowest BCUT2D eigenvalue weighted by atomic mass is 10.1. The molecule has 1 saturated heterocycles. The first kappa shape index (κ1) is 26.3. The summed E-state index contributed by atoms with van der Waals surface area (Å²) >= 11 is 0. The smallest absolute Gasteiger partial charge is 0.264 e. The number of amides is 1. The lowest BCUT2D eigenvalue weighted by Gasteiger charge is -2.24. The van der Waals surface area contributed by atoms with Crippen LogP contribution in [0.5, 0.6) is 11.5 Å². The maximum atomic E-state index is 15.4. The maximum absolute atomic E-state index is 15.4. The minimum atomic E-state index is -1.18. The predicted molar refractivity (Wildman–Crippen MR) is 143 cm³/mol. The van der Waals surface area contributed by atoms with Gasteiger partial charge in [0.15, 0.2) is 17.2 Å². The van der Waals surface area contributed by atoms with Gasteiger partial charge in [-0.2, -0.15) is 14.8 Å². The zero-order valence-electron chi connectivity index (χ0n) is 21.7. The largest absolute Gasteiger partial charge is 0.454 e. The van der Waals surface area contributed by atoms with E-state index in [4.69, 9.17) is 10.5 Å². The van der Waals surface area contributed by atoms with Crippen molar-refractivity contribution >= 4 is 22.8 Å². The van der Waals surface area contributed by atoms with Crippen molar-refractivity contribution < 1.29 is 22.7 Å². The number of allylic oxidation sites excluding steroid dienone is 1. The van der Waals surface area contributed by atoms with Crippen LogP contribution >= 0.6 is 0 Å². The minimum absolute atomic E-state index is 0.0450. The Labute approximate surface area is 232 Å². The summed E-state index contributed by atoms with van der Waals surface area (Å²) in [5.41, 5.74) is 6.95. The van der Waals surface area contributed by atoms with Crippen molar-refractivity contribution in [2.45, 2.75) is 38.3 Å². The van der Waals surface area contributed by atoms with Gasteiger partial charge in [-0.3, -0.25) is 4.79 Å². The molecule has 0 radical (unpaired) electrons. The predicted octanol–water partition coefficient (Wildman–Crippen LogP) is 5.14. The van der Waals surface area contributed by atoms with Crippen LogP contribution in [0.25, 0.3) is 22.3 Å². The quantitative estimate of drug-likeness (QED) is 0.246. The van der Waals surface area contributed by atoms with E-state index in [2.05, 4.69) is 15.1 Å². The molecule has 4 aromatic rings. The van der Waals surface area contributed by atoms with Gasteiger partial charge in [-0.15, -0.1) is 0 Å². The van der Waals surface area contributed by atoms with Gasteiger partial charge in [-0.25, -0.2) is 23.4 Å². The molecule has 9 nitrogen and oxygen atoms in total. The molecule has 2 aliphatic rings. The Morgan fingerprint density at radius 2 is 1.98 bits per heavy atom. The summed E-state index contributed by atoms with van der Waals surface area (Å²) in [4.78, 5) is 23.3. The first-order chi connectivity index (χ1) is 19.8. The van der Waals surface area contributed by atoms with Crippen molar-refractivity contribution in [1.82, 2.24) is 24.6 Å². The highest BCUT2D eigenvalue weighted by molar-refractivity contribution is 5.99. The van der Waals surface area contributed by atoms with Crippen LogP contribution in [0.3, 0.4) is 0 Å². The van der Waals surface area contributed by atoms with Gasteiger partial charge in [-0.05, 0) is 55.9 Å². The van der Waals surface area contributed by atoms with E-state index in [1.165, 1.54) is 30.6 Å². The van der Waals surface area contributed by atoms with Gasteiger partial charge in [0.05, 0.1) is 18.0 Å². The number of likely N-dealkylation sites (tertiary alicyclic amines) is 1. The van der Waals surface area contributed by atoms with Gasteiger partial charge in [0.2, 0.25) is 5.82 Å². The van der Waals surface area contributed by atoms with Crippen LogP contribution < -0.4 is 10.5 Å². The SMILES string of the molecule is N#CC(=CC1CC1)C(=O)N1CCC[C@H]1Cn1nc(-c2ccc(Oc3cccc(F)c3F)cc2F)c2c(N)ncnc21. The van der Waals surface area contributed by atoms with E-state index in [0.717, 1.165) is 31.4 Å². The second-order valence-electron chi connectivity index (χ2n) is 10.1. The normalized spacial score (nSPS) is 17.2. The molecule has 1 amide bonds. The summed E-state index contributed by atoms with van der Waals surface area (Å²) in [7, 11) is 0. The van der Waals surface area contributed by atoms with Crippen LogP contribution in [-0.2, 0) is 11.3 Å². The Bertz CT molecular complexity index is 1740. The molecular formula is C29H24F3N7O2. The van der Waals surface area contributed by atoms with Gasteiger partial charge in [0.25, 0.3) is 5.91 Å². The van der Waals surface area contributed by atoms with Crippen molar-refractivity contribution in [2.24, 2.45) is 5.92 Å². The molecule has 3 heterocycles. The fourth-order valence-electron chi connectivity index (χ4n) is 5.09. The number of aromatic nitrogens is 4. The van der Waals surface area contributed by atoms with Crippen molar-refractivity contribution in [3.05, 3.63) is 71.8 Å². The molecular weight excluding hydrogens is 535 g/mol. The van der Waals surface area contributed by atoms with Crippen molar-refractivity contribution in [3.8, 4) is 28.8 Å². The van der Waals surface area contributed by atoms with E-state index in [-0.39, 0.29) is 58.6 Å². The topological polar surface area (TPSA) is 123 Å². The molecule has 0 spiro atoms. The van der Waals surface area contributed by atoms with Crippen molar-refractivity contribution in [2.75, 3.05) is 12.3 Å². The molecule has 0 bridgehead atoms. The number of rotatable bonds is 7. The lowest BCUT2D eigenvalue weighted by molar-refractivity contribution is -0.127. The van der Waals surface area contributed by atoms with Crippen LogP contribution in [0.2, 0.25) is 0 Å². The maximum Gasteiger partial charge on any atom is 0.264 e. The summed E-state index contributed by atoms with van der Waals surface area (Å²) in [5.74, 6) is -3.36. The molecule has 1 aliphatic heterocycles. The number of hydrogen-bond acceptors (Lipinski definition) is 7. The number of nitrogen functional groups attached to an aromatic ring is 1. The highest BCUT2D eigenvalue weighted by Gasteiger charge is 2.33. The van der Waals surface area contributed by atoms with E-state index in [1.807, 2.05) is 6.07 Å². The van der Waals surface area contributed by atoms with Crippen LogP contribution in [0, 0.1) is 34.7 Å². The van der Waals surface area contributed by atoms with E-state index < -0.39 is 17.5 Å². The highest BCUT2D eigenvalue weighted by Crippen LogP contribution is 2.36. The van der Waals surface area contributed by atoms with Crippen LogP contribution in [0.1, 0.15) is 25.7 Å². The second-order valence-corrected chi connectivity index (χ2v) is 10.1. The third-order valence-electron chi connectivity index (χ3n) is 7.30. The van der Waals surface area contributed by atoms with Gasteiger partial charge >= 0.3 is 0 Å². The first-order valence-electron chi connectivity index (χ1n) is 13.2. The summed E-state index contributed by atoms with van der Waals surface area (Å²) < 4.78 is 50.0. The molecule has 0 unspecified atom stereocenters. The number of nitriles is 1. The molecule has 2 aromatic heterocycles. The third kappa shape index (κ3) is 5.06. The van der Waals surface area contributed by atoms with Crippen LogP contribution in [0.15, 0.2) is 54.4 Å². The summed E-state index contributed by atoms with van der Waals surface area (Å²) in [6, 6.07) is 9.10. The zero-order valence-corrected chi connectivity index (χ0v) is 21.7. The molecule has 1 aliphatic carbocycles. The Morgan fingerprint density at radius 3 is 2.73 bits per heavy atom. The molecule has 2 N–H and O–H groups in total. The summed E-state index contributed by atoms with van der Waals surface area (Å²) in [6.07, 6.45) is 6.47. The number of benzene rings is 2. The monoisotopic (exact) mass is 559 g/mol. The first-order valence-corrected chi connectivity index (χ1v) is 13.2. The fraction of sp³-hybridized carbons (Fsp3) is 0.276. The Hall–Kier alpha value is -4.92. The minimum Gasteiger partial charge on any atom is -0.454 e. The Morgan fingerprint density at radius 1 is 1.15 bits per heavy atom. The number of ether oxygens (including phenoxy) is 1. The van der Waals surface area contributed by atoms with E-state index in [0.29, 0.717) is 24.0 Å². The summed E-state index contributed by atoms with van der Waals surface area (Å²) in [6.45, 7) is 0.765. The number of hydrogen-bond donors (Lipinski definition) is 1. The summed E-state index contributed by atoms with van der Waals surface area (Å²) in [5, 5.41) is 14.5. The van der Waals surface area contributed by atoms with Gasteiger partial charge in [0, 0.05) is 18.2 Å². The number of carbonyl (C=O) groups is 1. The van der Waals surface area contributed by atoms with Crippen LogP contribution in [-0.4, -0.2) is 43.1 Å². The molecule has 208 valence electrons. The third-order valence-corrected chi connectivity index (χ3v) is 7.30. The van der Waals surface area contributed by atoms with Crippen LogP contribution in [0.4, 0.5) is 19.0 Å². The molecule has 1 saturated carbocycles. The average molecular weight is 560 g/mol. The van der Waals surface area contributed by atoms with Gasteiger partial charge in [0.1, 0.15) is 41.0 Å². The number of anilines is 1. The number of nitrogens with zero attached hydrogens (tertiary/aromatic N) is 6. The zero-order chi connectivity index (χ0) is 28.7.